The Morgan fingerprint density at radius 1 is 1.30 bits per heavy atom. The second-order valence-electron chi connectivity index (χ2n) is 4.30. The molecule has 1 aromatic carbocycles. The SMILES string of the molecule is COC(=O)CCCCCNC(=O)c1cc(Br)ccc1O. The number of carbonyl (C=O) groups excluding carboxylic acids is 2. The summed E-state index contributed by atoms with van der Waals surface area (Å²) in [5.41, 5.74) is 0.244. The van der Waals surface area contributed by atoms with Gasteiger partial charge in [-0.05, 0) is 31.0 Å². The molecule has 0 bridgehead atoms. The molecule has 0 aliphatic rings. The number of rotatable bonds is 7. The van der Waals surface area contributed by atoms with Crippen LogP contribution in [0.5, 0.6) is 5.75 Å². The summed E-state index contributed by atoms with van der Waals surface area (Å²) in [5, 5.41) is 12.3. The number of halogens is 1. The van der Waals surface area contributed by atoms with Crippen LogP contribution in [0.2, 0.25) is 0 Å². The molecule has 2 N–H and O–H groups in total. The molecule has 1 amide bonds. The maximum Gasteiger partial charge on any atom is 0.305 e. The minimum absolute atomic E-state index is 0.0450. The molecule has 0 saturated heterocycles. The highest BCUT2D eigenvalue weighted by Gasteiger charge is 2.10. The van der Waals surface area contributed by atoms with Crippen LogP contribution in [0.25, 0.3) is 0 Å². The molecule has 0 radical (unpaired) electrons. The number of nitrogens with one attached hydrogen (secondary N) is 1. The number of hydrogen-bond acceptors (Lipinski definition) is 4. The zero-order chi connectivity index (χ0) is 15.0. The van der Waals surface area contributed by atoms with E-state index in [2.05, 4.69) is 26.0 Å². The first-order valence-corrected chi connectivity index (χ1v) is 7.17. The van der Waals surface area contributed by atoms with Crippen molar-refractivity contribution < 1.29 is 19.4 Å². The van der Waals surface area contributed by atoms with Crippen LogP contribution < -0.4 is 5.32 Å². The van der Waals surface area contributed by atoms with Crippen molar-refractivity contribution in [3.63, 3.8) is 0 Å². The van der Waals surface area contributed by atoms with Crippen molar-refractivity contribution in [2.75, 3.05) is 13.7 Å². The van der Waals surface area contributed by atoms with E-state index in [1.165, 1.54) is 13.2 Å². The van der Waals surface area contributed by atoms with Crippen molar-refractivity contribution in [1.82, 2.24) is 5.32 Å². The molecule has 0 atom stereocenters. The Labute approximate surface area is 126 Å². The van der Waals surface area contributed by atoms with E-state index in [0.717, 1.165) is 23.7 Å². The van der Waals surface area contributed by atoms with Crippen molar-refractivity contribution in [1.29, 1.82) is 0 Å². The van der Waals surface area contributed by atoms with Crippen LogP contribution in [0.3, 0.4) is 0 Å². The molecule has 6 heteroatoms. The predicted octanol–water partition coefficient (Wildman–Crippen LogP) is 2.62. The normalized spacial score (nSPS) is 10.1. The van der Waals surface area contributed by atoms with Crippen LogP contribution in [0.4, 0.5) is 0 Å². The van der Waals surface area contributed by atoms with Crippen LogP contribution in [-0.4, -0.2) is 30.6 Å². The number of ether oxygens (including phenoxy) is 1. The summed E-state index contributed by atoms with van der Waals surface area (Å²) in [5.74, 6) is -0.568. The smallest absolute Gasteiger partial charge is 0.305 e. The van der Waals surface area contributed by atoms with E-state index in [9.17, 15) is 14.7 Å². The average molecular weight is 344 g/mol. The molecule has 0 aromatic heterocycles. The highest BCUT2D eigenvalue weighted by molar-refractivity contribution is 9.10. The number of benzene rings is 1. The highest BCUT2D eigenvalue weighted by Crippen LogP contribution is 2.21. The number of unbranched alkanes of at least 4 members (excludes halogenated alkanes) is 2. The largest absolute Gasteiger partial charge is 0.507 e. The summed E-state index contributed by atoms with van der Waals surface area (Å²) in [6, 6.07) is 4.70. The minimum atomic E-state index is -0.309. The molecular formula is C14H18BrNO4. The molecule has 0 saturated carbocycles. The summed E-state index contributed by atoms with van der Waals surface area (Å²) in [4.78, 5) is 22.7. The number of hydrogen-bond donors (Lipinski definition) is 2. The second-order valence-corrected chi connectivity index (χ2v) is 5.22. The quantitative estimate of drug-likeness (QED) is 0.589. The zero-order valence-electron chi connectivity index (χ0n) is 11.3. The van der Waals surface area contributed by atoms with Gasteiger partial charge in [0.05, 0.1) is 12.7 Å². The summed E-state index contributed by atoms with van der Waals surface area (Å²) < 4.78 is 5.27. The van der Waals surface area contributed by atoms with E-state index in [1.54, 1.807) is 12.1 Å². The number of esters is 1. The Balaban J connectivity index is 2.27. The van der Waals surface area contributed by atoms with Crippen molar-refractivity contribution in [3.05, 3.63) is 28.2 Å². The fourth-order valence-electron chi connectivity index (χ4n) is 1.66. The fraction of sp³-hybridized carbons (Fsp3) is 0.429. The third-order valence-electron chi connectivity index (χ3n) is 2.77. The third-order valence-corrected chi connectivity index (χ3v) is 3.27. The van der Waals surface area contributed by atoms with Crippen LogP contribution >= 0.6 is 15.9 Å². The van der Waals surface area contributed by atoms with E-state index < -0.39 is 0 Å². The molecule has 1 aromatic rings. The number of carbonyl (C=O) groups is 2. The van der Waals surface area contributed by atoms with Gasteiger partial charge in [0.15, 0.2) is 0 Å². The number of phenols is 1. The van der Waals surface area contributed by atoms with Gasteiger partial charge in [0.25, 0.3) is 5.91 Å². The van der Waals surface area contributed by atoms with Gasteiger partial charge in [-0.25, -0.2) is 0 Å². The monoisotopic (exact) mass is 343 g/mol. The van der Waals surface area contributed by atoms with Crippen LogP contribution in [0, 0.1) is 0 Å². The minimum Gasteiger partial charge on any atom is -0.507 e. The van der Waals surface area contributed by atoms with Gasteiger partial charge < -0.3 is 15.2 Å². The first-order valence-electron chi connectivity index (χ1n) is 6.38. The number of amides is 1. The molecule has 0 spiro atoms. The van der Waals surface area contributed by atoms with E-state index in [4.69, 9.17) is 0 Å². The van der Waals surface area contributed by atoms with Crippen molar-refractivity contribution >= 4 is 27.8 Å². The molecule has 20 heavy (non-hydrogen) atoms. The van der Waals surface area contributed by atoms with Crippen LogP contribution in [0.15, 0.2) is 22.7 Å². The lowest BCUT2D eigenvalue weighted by Crippen LogP contribution is -2.24. The molecule has 0 heterocycles. The van der Waals surface area contributed by atoms with Gasteiger partial charge in [-0.3, -0.25) is 9.59 Å². The molecule has 110 valence electrons. The third kappa shape index (κ3) is 5.61. The molecule has 0 aliphatic carbocycles. The Morgan fingerprint density at radius 3 is 2.75 bits per heavy atom. The molecule has 0 unspecified atom stereocenters. The van der Waals surface area contributed by atoms with Crippen LogP contribution in [0.1, 0.15) is 36.0 Å². The fourth-order valence-corrected chi connectivity index (χ4v) is 2.02. The van der Waals surface area contributed by atoms with Gasteiger partial charge in [0.1, 0.15) is 5.75 Å². The predicted molar refractivity (Wildman–Crippen MR) is 78.6 cm³/mol. The van der Waals surface area contributed by atoms with Crippen LogP contribution in [-0.2, 0) is 9.53 Å². The van der Waals surface area contributed by atoms with Crippen molar-refractivity contribution in [2.45, 2.75) is 25.7 Å². The lowest BCUT2D eigenvalue weighted by atomic mass is 10.1. The maximum absolute atomic E-state index is 11.8. The molecule has 1 rings (SSSR count). The first kappa shape index (κ1) is 16.5. The average Bonchev–Trinajstić information content (AvgIpc) is 2.44. The summed E-state index contributed by atoms with van der Waals surface area (Å²) in [7, 11) is 1.37. The van der Waals surface area contributed by atoms with Gasteiger partial charge in [0, 0.05) is 17.4 Å². The van der Waals surface area contributed by atoms with Gasteiger partial charge in [0.2, 0.25) is 0 Å². The topological polar surface area (TPSA) is 75.6 Å². The van der Waals surface area contributed by atoms with Gasteiger partial charge in [-0.1, -0.05) is 22.4 Å². The summed E-state index contributed by atoms with van der Waals surface area (Å²) >= 11 is 3.25. The maximum atomic E-state index is 11.8. The van der Waals surface area contributed by atoms with Gasteiger partial charge in [-0.2, -0.15) is 0 Å². The number of methoxy groups -OCH3 is 1. The number of phenolic OH excluding ortho intramolecular Hbond substituents is 1. The van der Waals surface area contributed by atoms with Gasteiger partial charge >= 0.3 is 5.97 Å². The van der Waals surface area contributed by atoms with E-state index in [0.29, 0.717) is 13.0 Å². The van der Waals surface area contributed by atoms with Crippen molar-refractivity contribution in [3.8, 4) is 5.75 Å². The Bertz CT molecular complexity index is 476. The van der Waals surface area contributed by atoms with E-state index >= 15 is 0 Å². The second kappa shape index (κ2) is 8.58. The Kier molecular flexibility index (Phi) is 7.08. The zero-order valence-corrected chi connectivity index (χ0v) is 12.9. The summed E-state index contributed by atoms with van der Waals surface area (Å²) in [6.45, 7) is 0.506. The number of aromatic hydroxyl groups is 1. The lowest BCUT2D eigenvalue weighted by Gasteiger charge is -2.07. The lowest BCUT2D eigenvalue weighted by molar-refractivity contribution is -0.140. The van der Waals surface area contributed by atoms with E-state index in [1.807, 2.05) is 0 Å². The standard InChI is InChI=1S/C14H18BrNO4/c1-20-13(18)5-3-2-4-8-16-14(19)11-9-10(15)6-7-12(11)17/h6-7,9,17H,2-5,8H2,1H3,(H,16,19). The van der Waals surface area contributed by atoms with Crippen molar-refractivity contribution in [2.24, 2.45) is 0 Å². The van der Waals surface area contributed by atoms with E-state index in [-0.39, 0.29) is 23.2 Å². The molecule has 0 fully saturated rings. The highest BCUT2D eigenvalue weighted by atomic mass is 79.9. The molecular weight excluding hydrogens is 326 g/mol. The Hall–Kier alpha value is -1.56. The first-order chi connectivity index (χ1) is 9.54. The Morgan fingerprint density at radius 2 is 2.05 bits per heavy atom. The summed E-state index contributed by atoms with van der Waals surface area (Å²) in [6.07, 6.45) is 2.75. The molecule has 5 nitrogen and oxygen atoms in total. The van der Waals surface area contributed by atoms with Gasteiger partial charge in [-0.15, -0.1) is 0 Å². The molecule has 0 aliphatic heterocycles.